The number of nitrogens with zero attached hydrogens (tertiary/aromatic N) is 4. The summed E-state index contributed by atoms with van der Waals surface area (Å²) in [5.74, 6) is 1.68. The number of guanidine groups is 1. The van der Waals surface area contributed by atoms with Gasteiger partial charge in [0.25, 0.3) is 0 Å². The standard InChI is InChI=1S/C23H30N6O/c1-4-10-30-22-11-18(2)8-9-21(22)14-27-23(24-3)26-13-19-6-5-7-20(12-19)15-29-17-25-16-28-29/h5-9,11-12,16-17H,4,10,13-15H2,1-3H3,(H2,24,26,27). The molecule has 0 unspecified atom stereocenters. The van der Waals surface area contributed by atoms with Gasteiger partial charge in [0.15, 0.2) is 5.96 Å². The minimum Gasteiger partial charge on any atom is -0.493 e. The molecule has 158 valence electrons. The number of rotatable bonds is 9. The topological polar surface area (TPSA) is 76.4 Å². The third kappa shape index (κ3) is 6.34. The van der Waals surface area contributed by atoms with Crippen LogP contribution in [0.4, 0.5) is 0 Å². The Hall–Kier alpha value is -3.35. The molecule has 0 radical (unpaired) electrons. The predicted molar refractivity (Wildman–Crippen MR) is 120 cm³/mol. The van der Waals surface area contributed by atoms with Crippen LogP contribution in [0.3, 0.4) is 0 Å². The van der Waals surface area contributed by atoms with Crippen molar-refractivity contribution >= 4 is 5.96 Å². The molecule has 7 heteroatoms. The first-order chi connectivity index (χ1) is 14.7. The van der Waals surface area contributed by atoms with Crippen LogP contribution in [0.5, 0.6) is 5.75 Å². The van der Waals surface area contributed by atoms with Crippen molar-refractivity contribution < 1.29 is 4.74 Å². The molecule has 0 aliphatic heterocycles. The first-order valence-electron chi connectivity index (χ1n) is 10.2. The number of ether oxygens (including phenoxy) is 1. The second-order valence-electron chi connectivity index (χ2n) is 7.15. The largest absolute Gasteiger partial charge is 0.493 e. The first kappa shape index (κ1) is 21.4. The highest BCUT2D eigenvalue weighted by molar-refractivity contribution is 5.79. The van der Waals surface area contributed by atoms with E-state index in [2.05, 4.69) is 82.0 Å². The smallest absolute Gasteiger partial charge is 0.191 e. The Balaban J connectivity index is 1.55. The van der Waals surface area contributed by atoms with E-state index in [1.165, 1.54) is 16.7 Å². The molecule has 2 aromatic carbocycles. The van der Waals surface area contributed by atoms with Crippen LogP contribution in [0.1, 0.15) is 35.6 Å². The van der Waals surface area contributed by atoms with Gasteiger partial charge in [-0.25, -0.2) is 9.67 Å². The van der Waals surface area contributed by atoms with Crippen molar-refractivity contribution in [3.05, 3.63) is 77.4 Å². The normalized spacial score (nSPS) is 11.4. The zero-order chi connectivity index (χ0) is 21.2. The monoisotopic (exact) mass is 406 g/mol. The molecule has 0 fully saturated rings. The molecule has 0 atom stereocenters. The van der Waals surface area contributed by atoms with E-state index in [0.717, 1.165) is 23.7 Å². The van der Waals surface area contributed by atoms with Crippen molar-refractivity contribution in [1.82, 2.24) is 25.4 Å². The van der Waals surface area contributed by atoms with Crippen LogP contribution in [0.25, 0.3) is 0 Å². The van der Waals surface area contributed by atoms with Crippen molar-refractivity contribution in [2.75, 3.05) is 13.7 Å². The van der Waals surface area contributed by atoms with Crippen molar-refractivity contribution in [3.63, 3.8) is 0 Å². The minimum atomic E-state index is 0.644. The third-order valence-corrected chi connectivity index (χ3v) is 4.62. The molecule has 1 heterocycles. The molecule has 0 amide bonds. The Morgan fingerprint density at radius 1 is 1.10 bits per heavy atom. The van der Waals surface area contributed by atoms with E-state index in [1.807, 2.05) is 4.68 Å². The van der Waals surface area contributed by atoms with E-state index < -0.39 is 0 Å². The minimum absolute atomic E-state index is 0.644. The highest BCUT2D eigenvalue weighted by Crippen LogP contribution is 2.20. The van der Waals surface area contributed by atoms with Gasteiger partial charge in [0.1, 0.15) is 18.4 Å². The van der Waals surface area contributed by atoms with Crippen LogP contribution in [0.15, 0.2) is 60.1 Å². The number of aliphatic imine (C=N–C) groups is 1. The van der Waals surface area contributed by atoms with Crippen molar-refractivity contribution in [2.24, 2.45) is 4.99 Å². The summed E-state index contributed by atoms with van der Waals surface area (Å²) in [6, 6.07) is 14.7. The molecule has 2 N–H and O–H groups in total. The predicted octanol–water partition coefficient (Wildman–Crippen LogP) is 3.29. The fraction of sp³-hybridized carbons (Fsp3) is 0.348. The van der Waals surface area contributed by atoms with Gasteiger partial charge in [-0.1, -0.05) is 43.3 Å². The number of benzene rings is 2. The SMILES string of the molecule is CCCOc1cc(C)ccc1CNC(=NC)NCc1cccc(Cn2cncn2)c1. The van der Waals surface area contributed by atoms with Gasteiger partial charge >= 0.3 is 0 Å². The molecule has 7 nitrogen and oxygen atoms in total. The summed E-state index contributed by atoms with van der Waals surface area (Å²) < 4.78 is 7.72. The van der Waals surface area contributed by atoms with Crippen LogP contribution in [-0.4, -0.2) is 34.4 Å². The van der Waals surface area contributed by atoms with E-state index in [9.17, 15) is 0 Å². The molecule has 0 spiro atoms. The zero-order valence-electron chi connectivity index (χ0n) is 17.9. The lowest BCUT2D eigenvalue weighted by atomic mass is 10.1. The van der Waals surface area contributed by atoms with E-state index in [1.54, 1.807) is 19.7 Å². The third-order valence-electron chi connectivity index (χ3n) is 4.62. The molecule has 0 bridgehead atoms. The first-order valence-corrected chi connectivity index (χ1v) is 10.2. The van der Waals surface area contributed by atoms with E-state index in [0.29, 0.717) is 26.2 Å². The van der Waals surface area contributed by atoms with E-state index in [4.69, 9.17) is 4.74 Å². The lowest BCUT2D eigenvalue weighted by molar-refractivity contribution is 0.313. The average molecular weight is 407 g/mol. The molecule has 1 aromatic heterocycles. The lowest BCUT2D eigenvalue weighted by Crippen LogP contribution is -2.36. The van der Waals surface area contributed by atoms with Gasteiger partial charge in [0.2, 0.25) is 0 Å². The molecular weight excluding hydrogens is 376 g/mol. The summed E-state index contributed by atoms with van der Waals surface area (Å²) >= 11 is 0. The molecule has 3 aromatic rings. The molecule has 3 rings (SSSR count). The zero-order valence-corrected chi connectivity index (χ0v) is 17.9. The second-order valence-corrected chi connectivity index (χ2v) is 7.15. The summed E-state index contributed by atoms with van der Waals surface area (Å²) in [4.78, 5) is 8.33. The molecule has 0 saturated heterocycles. The van der Waals surface area contributed by atoms with Gasteiger partial charge in [-0.3, -0.25) is 4.99 Å². The quantitative estimate of drug-likeness (QED) is 0.421. The molecule has 0 saturated carbocycles. The molecule has 0 aliphatic rings. The summed E-state index contributed by atoms with van der Waals surface area (Å²) in [5, 5.41) is 10.9. The Bertz CT molecular complexity index is 952. The highest BCUT2D eigenvalue weighted by atomic mass is 16.5. The Morgan fingerprint density at radius 3 is 2.70 bits per heavy atom. The molecular formula is C23H30N6O. The van der Waals surface area contributed by atoms with E-state index in [-0.39, 0.29) is 0 Å². The van der Waals surface area contributed by atoms with Gasteiger partial charge in [0.05, 0.1) is 13.2 Å². The van der Waals surface area contributed by atoms with Crippen molar-refractivity contribution in [3.8, 4) is 5.75 Å². The van der Waals surface area contributed by atoms with Gasteiger partial charge in [0, 0.05) is 25.7 Å². The van der Waals surface area contributed by atoms with Crippen LogP contribution in [0, 0.1) is 6.92 Å². The summed E-state index contributed by atoms with van der Waals surface area (Å²) in [6.07, 6.45) is 4.26. The average Bonchev–Trinajstić information content (AvgIpc) is 3.26. The number of aromatic nitrogens is 3. The van der Waals surface area contributed by atoms with Gasteiger partial charge < -0.3 is 15.4 Å². The number of aryl methyl sites for hydroxylation is 1. The summed E-state index contributed by atoms with van der Waals surface area (Å²) in [6.45, 7) is 6.93. The summed E-state index contributed by atoms with van der Waals surface area (Å²) in [5.41, 5.74) is 4.67. The Kier molecular flexibility index (Phi) is 7.83. The van der Waals surface area contributed by atoms with Crippen LogP contribution in [0.2, 0.25) is 0 Å². The van der Waals surface area contributed by atoms with Gasteiger partial charge in [-0.15, -0.1) is 0 Å². The second kappa shape index (κ2) is 11.0. The Labute approximate surface area is 178 Å². The molecule has 0 aliphatic carbocycles. The lowest BCUT2D eigenvalue weighted by Gasteiger charge is -2.15. The van der Waals surface area contributed by atoms with Crippen molar-refractivity contribution in [2.45, 2.75) is 39.9 Å². The highest BCUT2D eigenvalue weighted by Gasteiger charge is 2.06. The maximum atomic E-state index is 5.91. The molecule has 30 heavy (non-hydrogen) atoms. The van der Waals surface area contributed by atoms with Crippen molar-refractivity contribution in [1.29, 1.82) is 0 Å². The van der Waals surface area contributed by atoms with Crippen LogP contribution >= 0.6 is 0 Å². The number of nitrogens with one attached hydrogen (secondary N) is 2. The van der Waals surface area contributed by atoms with Crippen LogP contribution in [-0.2, 0) is 19.6 Å². The maximum Gasteiger partial charge on any atom is 0.191 e. The van der Waals surface area contributed by atoms with E-state index >= 15 is 0 Å². The van der Waals surface area contributed by atoms with Crippen LogP contribution < -0.4 is 15.4 Å². The van der Waals surface area contributed by atoms with Gasteiger partial charge in [-0.05, 0) is 36.1 Å². The fourth-order valence-corrected chi connectivity index (χ4v) is 3.08. The Morgan fingerprint density at radius 2 is 1.93 bits per heavy atom. The number of hydrogen-bond acceptors (Lipinski definition) is 4. The maximum absolute atomic E-state index is 5.91. The number of hydrogen-bond donors (Lipinski definition) is 2. The van der Waals surface area contributed by atoms with Gasteiger partial charge in [-0.2, -0.15) is 5.10 Å². The fourth-order valence-electron chi connectivity index (χ4n) is 3.08. The summed E-state index contributed by atoms with van der Waals surface area (Å²) in [7, 11) is 1.78.